The Morgan fingerprint density at radius 1 is 0.973 bits per heavy atom. The highest BCUT2D eigenvalue weighted by Crippen LogP contribution is 2.26. The molecule has 0 bridgehead atoms. The van der Waals surface area contributed by atoms with Gasteiger partial charge in [-0.2, -0.15) is 0 Å². The summed E-state index contributed by atoms with van der Waals surface area (Å²) in [5, 5.41) is 2.82. The van der Waals surface area contributed by atoms with Crippen molar-refractivity contribution in [3.63, 3.8) is 0 Å². The fraction of sp³-hybridized carbons (Fsp3) is 0.259. The molecule has 1 aliphatic rings. The van der Waals surface area contributed by atoms with Crippen molar-refractivity contribution < 1.29 is 22.7 Å². The average Bonchev–Trinajstić information content (AvgIpc) is 2.94. The minimum atomic E-state index is -3.76. The third kappa shape index (κ3) is 5.98. The number of anilines is 2. The molecule has 0 aliphatic carbocycles. The summed E-state index contributed by atoms with van der Waals surface area (Å²) in [6.07, 6.45) is 1.93. The van der Waals surface area contributed by atoms with E-state index in [2.05, 4.69) is 5.32 Å². The first kappa shape index (κ1) is 26.7. The molecule has 1 saturated heterocycles. The Hall–Kier alpha value is -3.34. The fourth-order valence-corrected chi connectivity index (χ4v) is 5.94. The second-order valence-electron chi connectivity index (χ2n) is 8.30. The molecule has 0 spiro atoms. The average molecular weight is 540 g/mol. The zero-order chi connectivity index (χ0) is 26.4. The van der Waals surface area contributed by atoms with Crippen molar-refractivity contribution in [3.05, 3.63) is 83.9 Å². The first-order valence-corrected chi connectivity index (χ1v) is 14.6. The van der Waals surface area contributed by atoms with E-state index in [1.54, 1.807) is 96.4 Å². The second-order valence-corrected chi connectivity index (χ2v) is 11.0. The lowest BCUT2D eigenvalue weighted by Gasteiger charge is -2.27. The number of sulfonamides is 1. The molecule has 8 nitrogen and oxygen atoms in total. The van der Waals surface area contributed by atoms with E-state index in [1.807, 2.05) is 6.26 Å². The number of rotatable bonds is 8. The molecule has 194 valence electrons. The van der Waals surface area contributed by atoms with Gasteiger partial charge in [-0.3, -0.25) is 13.9 Å². The van der Waals surface area contributed by atoms with Crippen LogP contribution in [0.2, 0.25) is 0 Å². The van der Waals surface area contributed by atoms with E-state index in [0.29, 0.717) is 48.8 Å². The van der Waals surface area contributed by atoms with Crippen molar-refractivity contribution >= 4 is 45.0 Å². The third-order valence-corrected chi connectivity index (χ3v) is 8.72. The molecule has 0 saturated carbocycles. The van der Waals surface area contributed by atoms with Crippen LogP contribution in [0.15, 0.2) is 82.6 Å². The zero-order valence-corrected chi connectivity index (χ0v) is 22.3. The Morgan fingerprint density at radius 3 is 2.24 bits per heavy atom. The Bertz CT molecular complexity index is 1350. The molecule has 1 heterocycles. The Balaban J connectivity index is 1.51. The summed E-state index contributed by atoms with van der Waals surface area (Å²) >= 11 is 1.54. The second kappa shape index (κ2) is 11.8. The molecule has 4 rings (SSSR count). The van der Waals surface area contributed by atoms with Gasteiger partial charge in [-0.15, -0.1) is 11.8 Å². The molecule has 3 aromatic rings. The van der Waals surface area contributed by atoms with E-state index < -0.39 is 15.9 Å². The number of carbonyl (C=O) groups excluding carboxylic acids is 2. The highest BCUT2D eigenvalue weighted by atomic mass is 32.2. The predicted molar refractivity (Wildman–Crippen MR) is 146 cm³/mol. The normalized spacial score (nSPS) is 13.7. The quantitative estimate of drug-likeness (QED) is 0.428. The molecule has 0 unspecified atom stereocenters. The first-order chi connectivity index (χ1) is 17.8. The summed E-state index contributed by atoms with van der Waals surface area (Å²) in [4.78, 5) is 28.9. The van der Waals surface area contributed by atoms with Gasteiger partial charge in [0.15, 0.2) is 0 Å². The van der Waals surface area contributed by atoms with Gasteiger partial charge in [0.2, 0.25) is 0 Å². The molecule has 0 radical (unpaired) electrons. The molecule has 37 heavy (non-hydrogen) atoms. The van der Waals surface area contributed by atoms with Gasteiger partial charge in [-0.25, -0.2) is 8.42 Å². The molecule has 0 aromatic heterocycles. The number of benzene rings is 3. The highest BCUT2D eigenvalue weighted by Gasteiger charge is 2.25. The van der Waals surface area contributed by atoms with E-state index in [-0.39, 0.29) is 17.3 Å². The molecule has 3 aromatic carbocycles. The number of hydrogen-bond donors (Lipinski definition) is 1. The van der Waals surface area contributed by atoms with E-state index in [4.69, 9.17) is 4.74 Å². The van der Waals surface area contributed by atoms with E-state index in [0.717, 1.165) is 4.90 Å². The third-order valence-electron chi connectivity index (χ3n) is 6.06. The number of thioether (sulfide) groups is 1. The van der Waals surface area contributed by atoms with Crippen molar-refractivity contribution in [2.24, 2.45) is 0 Å². The van der Waals surface area contributed by atoms with Gasteiger partial charge in [0.25, 0.3) is 21.8 Å². The van der Waals surface area contributed by atoms with Crippen LogP contribution in [0.25, 0.3) is 0 Å². The van der Waals surface area contributed by atoms with Crippen molar-refractivity contribution in [3.8, 4) is 0 Å². The van der Waals surface area contributed by atoms with Gasteiger partial charge in [-0.05, 0) is 73.8 Å². The van der Waals surface area contributed by atoms with Crippen molar-refractivity contribution in [2.45, 2.75) is 16.7 Å². The van der Waals surface area contributed by atoms with Crippen molar-refractivity contribution in [1.82, 2.24) is 4.90 Å². The van der Waals surface area contributed by atoms with Crippen molar-refractivity contribution in [2.75, 3.05) is 48.7 Å². The standard InChI is InChI=1S/C27H29N3O5S2/c1-3-30(37(33,34)23-14-12-22(36-2)13-15-23)21-10-8-20(9-11-21)26(31)28-25-7-5-4-6-24(25)27(32)29-16-18-35-19-17-29/h4-15H,3,16-19H2,1-2H3,(H,28,31). The van der Waals surface area contributed by atoms with Gasteiger partial charge < -0.3 is 15.0 Å². The summed E-state index contributed by atoms with van der Waals surface area (Å²) in [5.41, 5.74) is 1.62. The van der Waals surface area contributed by atoms with Crippen LogP contribution in [0.1, 0.15) is 27.6 Å². The van der Waals surface area contributed by atoms with Crippen LogP contribution in [-0.4, -0.2) is 64.2 Å². The van der Waals surface area contributed by atoms with Crippen LogP contribution in [0, 0.1) is 0 Å². The predicted octanol–water partition coefficient (Wildman–Crippen LogP) is 4.35. The molecule has 2 amide bonds. The van der Waals surface area contributed by atoms with Crippen LogP contribution in [0.3, 0.4) is 0 Å². The Morgan fingerprint density at radius 2 is 1.62 bits per heavy atom. The molecule has 10 heteroatoms. The Labute approximate surface area is 221 Å². The van der Waals surface area contributed by atoms with Gasteiger partial charge in [0.05, 0.1) is 35.0 Å². The zero-order valence-electron chi connectivity index (χ0n) is 20.7. The number of carbonyl (C=O) groups is 2. The van der Waals surface area contributed by atoms with E-state index in [1.165, 1.54) is 4.31 Å². The number of hydrogen-bond acceptors (Lipinski definition) is 6. The largest absolute Gasteiger partial charge is 0.378 e. The topological polar surface area (TPSA) is 96.0 Å². The maximum absolute atomic E-state index is 13.3. The number of nitrogens with one attached hydrogen (secondary N) is 1. The number of nitrogens with zero attached hydrogens (tertiary/aromatic N) is 2. The summed E-state index contributed by atoms with van der Waals surface area (Å²) in [6.45, 7) is 3.97. The molecule has 0 atom stereocenters. The first-order valence-electron chi connectivity index (χ1n) is 11.9. The van der Waals surface area contributed by atoms with Gasteiger partial charge >= 0.3 is 0 Å². The smallest absolute Gasteiger partial charge is 0.264 e. The lowest BCUT2D eigenvalue weighted by atomic mass is 10.1. The summed E-state index contributed by atoms with van der Waals surface area (Å²) in [6, 6.07) is 20.0. The van der Waals surface area contributed by atoms with Crippen molar-refractivity contribution in [1.29, 1.82) is 0 Å². The molecule has 1 fully saturated rings. The number of para-hydroxylation sites is 1. The summed E-state index contributed by atoms with van der Waals surface area (Å²) in [5.74, 6) is -0.559. The lowest BCUT2D eigenvalue weighted by molar-refractivity contribution is 0.0303. The van der Waals surface area contributed by atoms with Gasteiger partial charge in [-0.1, -0.05) is 12.1 Å². The van der Waals surface area contributed by atoms with Crippen LogP contribution < -0.4 is 9.62 Å². The molecule has 1 aliphatic heterocycles. The number of ether oxygens (including phenoxy) is 1. The van der Waals surface area contributed by atoms with E-state index >= 15 is 0 Å². The molecule has 1 N–H and O–H groups in total. The van der Waals surface area contributed by atoms with Gasteiger partial charge in [0.1, 0.15) is 0 Å². The molecular formula is C27H29N3O5S2. The van der Waals surface area contributed by atoms with Gasteiger partial charge in [0, 0.05) is 30.1 Å². The maximum atomic E-state index is 13.3. The monoisotopic (exact) mass is 539 g/mol. The minimum Gasteiger partial charge on any atom is -0.378 e. The van der Waals surface area contributed by atoms with Crippen LogP contribution in [0.5, 0.6) is 0 Å². The number of amides is 2. The van der Waals surface area contributed by atoms with E-state index in [9.17, 15) is 18.0 Å². The molecular weight excluding hydrogens is 510 g/mol. The lowest BCUT2D eigenvalue weighted by Crippen LogP contribution is -2.41. The minimum absolute atomic E-state index is 0.163. The highest BCUT2D eigenvalue weighted by molar-refractivity contribution is 7.98. The Kier molecular flexibility index (Phi) is 8.52. The summed E-state index contributed by atoms with van der Waals surface area (Å²) in [7, 11) is -3.76. The SMILES string of the molecule is CCN(c1ccc(C(=O)Nc2ccccc2C(=O)N2CCOCC2)cc1)S(=O)(=O)c1ccc(SC)cc1. The summed E-state index contributed by atoms with van der Waals surface area (Å²) < 4.78 is 33.1. The number of morpholine rings is 1. The maximum Gasteiger partial charge on any atom is 0.264 e. The van der Waals surface area contributed by atoms with Crippen LogP contribution in [-0.2, 0) is 14.8 Å². The van der Waals surface area contributed by atoms with Crippen LogP contribution >= 0.6 is 11.8 Å². The fourth-order valence-electron chi connectivity index (χ4n) is 4.06. The van der Waals surface area contributed by atoms with Crippen LogP contribution in [0.4, 0.5) is 11.4 Å².